The number of hydrogen-bond acceptors (Lipinski definition) is 4. The molecule has 0 saturated heterocycles. The minimum absolute atomic E-state index is 0.510. The molecule has 1 saturated carbocycles. The molecule has 0 bridgehead atoms. The van der Waals surface area contributed by atoms with Crippen LogP contribution in [0.2, 0.25) is 0 Å². The summed E-state index contributed by atoms with van der Waals surface area (Å²) in [6, 6.07) is 0.706. The monoisotopic (exact) mass is 295 g/mol. The number of aromatic nitrogens is 1. The number of nitrogens with one attached hydrogen (secondary N) is 1. The molecule has 1 aromatic rings. The second-order valence-corrected chi connectivity index (χ2v) is 7.25. The van der Waals surface area contributed by atoms with Gasteiger partial charge < -0.3 is 10.2 Å². The van der Waals surface area contributed by atoms with Crippen LogP contribution in [0.15, 0.2) is 0 Å². The Morgan fingerprint density at radius 2 is 2.05 bits per heavy atom. The molecule has 20 heavy (non-hydrogen) atoms. The molecule has 0 spiro atoms. The Balaban J connectivity index is 2.10. The van der Waals surface area contributed by atoms with Crippen LogP contribution in [-0.4, -0.2) is 24.6 Å². The maximum atomic E-state index is 4.94. The van der Waals surface area contributed by atoms with Crippen LogP contribution >= 0.6 is 11.3 Å². The summed E-state index contributed by atoms with van der Waals surface area (Å²) in [6.45, 7) is 8.76. The lowest BCUT2D eigenvalue weighted by Crippen LogP contribution is -2.28. The summed E-state index contributed by atoms with van der Waals surface area (Å²) >= 11 is 1.89. The molecule has 114 valence electrons. The van der Waals surface area contributed by atoms with Crippen LogP contribution in [0.4, 0.5) is 5.13 Å². The number of rotatable bonds is 7. The molecule has 1 fully saturated rings. The molecule has 0 radical (unpaired) electrons. The zero-order valence-corrected chi connectivity index (χ0v) is 14.2. The summed E-state index contributed by atoms with van der Waals surface area (Å²) < 4.78 is 0. The zero-order valence-electron chi connectivity index (χ0n) is 13.4. The highest BCUT2D eigenvalue weighted by molar-refractivity contribution is 7.15. The molecule has 3 nitrogen and oxygen atoms in total. The number of hydrogen-bond donors (Lipinski definition) is 1. The highest BCUT2D eigenvalue weighted by Gasteiger charge is 2.23. The van der Waals surface area contributed by atoms with Gasteiger partial charge in [0.05, 0.1) is 5.69 Å². The van der Waals surface area contributed by atoms with Crippen molar-refractivity contribution in [2.75, 3.05) is 18.5 Å². The quantitative estimate of drug-likeness (QED) is 0.766. The third kappa shape index (κ3) is 3.73. The van der Waals surface area contributed by atoms with Crippen molar-refractivity contribution in [2.45, 2.75) is 71.4 Å². The second kappa shape index (κ2) is 7.41. The Morgan fingerprint density at radius 3 is 2.65 bits per heavy atom. The van der Waals surface area contributed by atoms with Gasteiger partial charge in [0.2, 0.25) is 0 Å². The van der Waals surface area contributed by atoms with Crippen molar-refractivity contribution in [3.05, 3.63) is 10.6 Å². The smallest absolute Gasteiger partial charge is 0.185 e. The van der Waals surface area contributed by atoms with Crippen molar-refractivity contribution in [1.29, 1.82) is 0 Å². The van der Waals surface area contributed by atoms with Gasteiger partial charge in [-0.05, 0) is 31.7 Å². The van der Waals surface area contributed by atoms with Gasteiger partial charge in [-0.3, -0.25) is 0 Å². The summed E-state index contributed by atoms with van der Waals surface area (Å²) in [4.78, 5) is 8.79. The highest BCUT2D eigenvalue weighted by Crippen LogP contribution is 2.34. The molecule has 1 aromatic heterocycles. The predicted octanol–water partition coefficient (Wildman–Crippen LogP) is 4.14. The lowest BCUT2D eigenvalue weighted by atomic mass is 10.1. The second-order valence-electron chi connectivity index (χ2n) is 6.19. The van der Waals surface area contributed by atoms with Crippen molar-refractivity contribution < 1.29 is 0 Å². The van der Waals surface area contributed by atoms with E-state index in [0.717, 1.165) is 13.1 Å². The summed E-state index contributed by atoms with van der Waals surface area (Å²) in [5, 5.41) is 4.74. The first-order chi connectivity index (χ1) is 9.63. The molecular weight excluding hydrogens is 266 g/mol. The molecule has 0 amide bonds. The molecule has 1 aliphatic carbocycles. The van der Waals surface area contributed by atoms with Crippen molar-refractivity contribution in [2.24, 2.45) is 0 Å². The summed E-state index contributed by atoms with van der Waals surface area (Å²) in [5.41, 5.74) is 1.29. The lowest BCUT2D eigenvalue weighted by molar-refractivity contribution is 0.648. The summed E-state index contributed by atoms with van der Waals surface area (Å²) in [5.74, 6) is 0.510. The largest absolute Gasteiger partial charge is 0.348 e. The van der Waals surface area contributed by atoms with Gasteiger partial charge in [0, 0.05) is 24.5 Å². The fourth-order valence-corrected chi connectivity index (χ4v) is 4.12. The van der Waals surface area contributed by atoms with E-state index in [0.29, 0.717) is 12.0 Å². The van der Waals surface area contributed by atoms with Crippen molar-refractivity contribution >= 4 is 16.5 Å². The first-order valence-electron chi connectivity index (χ1n) is 8.06. The summed E-state index contributed by atoms with van der Waals surface area (Å²) in [7, 11) is 2.22. The molecule has 4 heteroatoms. The third-order valence-electron chi connectivity index (χ3n) is 4.15. The minimum atomic E-state index is 0.510. The van der Waals surface area contributed by atoms with Gasteiger partial charge in [0.25, 0.3) is 0 Å². The van der Waals surface area contributed by atoms with E-state index in [4.69, 9.17) is 4.98 Å². The fraction of sp³-hybridized carbons (Fsp3) is 0.812. The van der Waals surface area contributed by atoms with Gasteiger partial charge in [-0.2, -0.15) is 0 Å². The van der Waals surface area contributed by atoms with E-state index >= 15 is 0 Å². The lowest BCUT2D eigenvalue weighted by Gasteiger charge is -2.23. The van der Waals surface area contributed by atoms with E-state index in [1.54, 1.807) is 0 Å². The molecule has 0 aliphatic heterocycles. The fourth-order valence-electron chi connectivity index (χ4n) is 2.91. The maximum Gasteiger partial charge on any atom is 0.185 e. The van der Waals surface area contributed by atoms with E-state index in [1.807, 2.05) is 11.3 Å². The topological polar surface area (TPSA) is 28.2 Å². The van der Waals surface area contributed by atoms with Gasteiger partial charge in [-0.25, -0.2) is 4.98 Å². The van der Waals surface area contributed by atoms with Crippen LogP contribution in [-0.2, 0) is 6.54 Å². The van der Waals surface area contributed by atoms with E-state index in [9.17, 15) is 0 Å². The number of thiazole rings is 1. The van der Waals surface area contributed by atoms with Crippen LogP contribution in [0.25, 0.3) is 0 Å². The molecule has 0 aromatic carbocycles. The standard InChI is InChI=1S/C16H29N3S/c1-5-10-17-11-14-15(12(2)3)18-16(20-14)19(4)13-8-6-7-9-13/h12-13,17H,5-11H2,1-4H3. The normalized spacial score (nSPS) is 16.2. The highest BCUT2D eigenvalue weighted by atomic mass is 32.1. The van der Waals surface area contributed by atoms with Crippen molar-refractivity contribution in [1.82, 2.24) is 10.3 Å². The summed E-state index contributed by atoms with van der Waals surface area (Å²) in [6.07, 6.45) is 6.60. The molecule has 0 atom stereocenters. The molecule has 0 unspecified atom stereocenters. The van der Waals surface area contributed by atoms with Crippen LogP contribution in [0.3, 0.4) is 0 Å². The van der Waals surface area contributed by atoms with E-state index < -0.39 is 0 Å². The van der Waals surface area contributed by atoms with Crippen LogP contribution in [0.5, 0.6) is 0 Å². The Hall–Kier alpha value is -0.610. The van der Waals surface area contributed by atoms with Crippen molar-refractivity contribution in [3.8, 4) is 0 Å². The van der Waals surface area contributed by atoms with Crippen molar-refractivity contribution in [3.63, 3.8) is 0 Å². The molecule has 1 N–H and O–H groups in total. The average Bonchev–Trinajstić information content (AvgIpc) is 3.07. The Kier molecular flexibility index (Phi) is 5.85. The first kappa shape index (κ1) is 15.8. The SMILES string of the molecule is CCCNCc1sc(N(C)C2CCCC2)nc1C(C)C. The van der Waals surface area contributed by atoms with E-state index in [1.165, 1.54) is 47.8 Å². The van der Waals surface area contributed by atoms with Gasteiger partial charge in [-0.15, -0.1) is 11.3 Å². The Morgan fingerprint density at radius 1 is 1.35 bits per heavy atom. The van der Waals surface area contributed by atoms with Crippen LogP contribution in [0.1, 0.15) is 69.4 Å². The van der Waals surface area contributed by atoms with E-state index in [2.05, 4.69) is 38.0 Å². The molecule has 1 heterocycles. The third-order valence-corrected chi connectivity index (χ3v) is 5.31. The number of nitrogens with zero attached hydrogens (tertiary/aromatic N) is 2. The Labute approximate surface area is 127 Å². The maximum absolute atomic E-state index is 4.94. The van der Waals surface area contributed by atoms with Crippen LogP contribution in [0, 0.1) is 0 Å². The van der Waals surface area contributed by atoms with Crippen LogP contribution < -0.4 is 10.2 Å². The van der Waals surface area contributed by atoms with Gasteiger partial charge in [0.15, 0.2) is 5.13 Å². The molecule has 2 rings (SSSR count). The van der Waals surface area contributed by atoms with E-state index in [-0.39, 0.29) is 0 Å². The van der Waals surface area contributed by atoms with Gasteiger partial charge in [-0.1, -0.05) is 33.6 Å². The van der Waals surface area contributed by atoms with Gasteiger partial charge in [0.1, 0.15) is 0 Å². The zero-order chi connectivity index (χ0) is 14.5. The first-order valence-corrected chi connectivity index (χ1v) is 8.88. The number of anilines is 1. The van der Waals surface area contributed by atoms with Gasteiger partial charge >= 0.3 is 0 Å². The Bertz CT molecular complexity index is 408. The minimum Gasteiger partial charge on any atom is -0.348 e. The molecular formula is C16H29N3S. The predicted molar refractivity (Wildman–Crippen MR) is 88.9 cm³/mol. The average molecular weight is 295 g/mol. The molecule has 1 aliphatic rings.